The quantitative estimate of drug-likeness (QED) is 0.619. The Morgan fingerprint density at radius 2 is 1.93 bits per heavy atom. The lowest BCUT2D eigenvalue weighted by atomic mass is 10.0. The van der Waals surface area contributed by atoms with E-state index >= 15 is 0 Å². The van der Waals surface area contributed by atoms with E-state index in [2.05, 4.69) is 26.1 Å². The largest absolute Gasteiger partial charge is 0.382 e. The molecule has 0 aliphatic carbocycles. The Labute approximate surface area is 89.4 Å². The highest BCUT2D eigenvalue weighted by molar-refractivity contribution is 4.69. The molecule has 0 radical (unpaired) electrons. The van der Waals surface area contributed by atoms with E-state index < -0.39 is 0 Å². The molecule has 14 heavy (non-hydrogen) atoms. The number of rotatable bonds is 9. The van der Waals surface area contributed by atoms with Crippen LogP contribution in [0.25, 0.3) is 0 Å². The molecule has 2 heteroatoms. The summed E-state index contributed by atoms with van der Waals surface area (Å²) < 4.78 is 5.30. The molecule has 0 spiro atoms. The van der Waals surface area contributed by atoms with E-state index in [0.717, 1.165) is 13.0 Å². The smallest absolute Gasteiger partial charge is 0.0558 e. The van der Waals surface area contributed by atoms with Crippen LogP contribution < -0.4 is 5.32 Å². The molecule has 0 aromatic rings. The van der Waals surface area contributed by atoms with Gasteiger partial charge in [0.15, 0.2) is 0 Å². The number of ether oxygens (including phenoxy) is 1. The van der Waals surface area contributed by atoms with Gasteiger partial charge in [0, 0.05) is 13.2 Å². The highest BCUT2D eigenvalue weighted by Gasteiger charge is 2.11. The first-order valence-corrected chi connectivity index (χ1v) is 6.00. The Balaban J connectivity index is 3.71. The lowest BCUT2D eigenvalue weighted by Gasteiger charge is -2.21. The maximum absolute atomic E-state index is 5.30. The summed E-state index contributed by atoms with van der Waals surface area (Å²) in [6.45, 7) is 7.73. The number of methoxy groups -OCH3 is 1. The summed E-state index contributed by atoms with van der Waals surface area (Å²) >= 11 is 0. The van der Waals surface area contributed by atoms with Crippen LogP contribution in [-0.4, -0.2) is 25.8 Å². The van der Waals surface area contributed by atoms with Crippen molar-refractivity contribution in [2.45, 2.75) is 65.0 Å². The van der Waals surface area contributed by atoms with Gasteiger partial charge in [0.1, 0.15) is 0 Å². The molecule has 86 valence electrons. The van der Waals surface area contributed by atoms with Gasteiger partial charge in [-0.1, -0.05) is 26.7 Å². The Bertz CT molecular complexity index is 109. The second-order valence-corrected chi connectivity index (χ2v) is 4.08. The molecule has 0 aliphatic heterocycles. The minimum absolute atomic E-state index is 0.376. The fourth-order valence-corrected chi connectivity index (χ4v) is 1.60. The van der Waals surface area contributed by atoms with E-state index in [4.69, 9.17) is 4.74 Å². The third-order valence-electron chi connectivity index (χ3n) is 2.61. The van der Waals surface area contributed by atoms with Gasteiger partial charge in [-0.15, -0.1) is 0 Å². The van der Waals surface area contributed by atoms with E-state index in [1.165, 1.54) is 25.7 Å². The molecule has 0 aromatic heterocycles. The Kier molecular flexibility index (Phi) is 9.42. The van der Waals surface area contributed by atoms with E-state index in [1.54, 1.807) is 7.11 Å². The van der Waals surface area contributed by atoms with Gasteiger partial charge >= 0.3 is 0 Å². The minimum atomic E-state index is 0.376. The zero-order chi connectivity index (χ0) is 10.8. The molecule has 2 nitrogen and oxygen atoms in total. The molecule has 0 saturated heterocycles. The molecule has 0 saturated carbocycles. The van der Waals surface area contributed by atoms with Gasteiger partial charge in [0.25, 0.3) is 0 Å². The Morgan fingerprint density at radius 3 is 2.43 bits per heavy atom. The summed E-state index contributed by atoms with van der Waals surface area (Å²) in [6, 6.07) is 0.643. The zero-order valence-electron chi connectivity index (χ0n) is 10.3. The van der Waals surface area contributed by atoms with Crippen molar-refractivity contribution in [3.63, 3.8) is 0 Å². The third kappa shape index (κ3) is 7.34. The van der Waals surface area contributed by atoms with Crippen LogP contribution in [0.4, 0.5) is 0 Å². The molecular formula is C12H27NO. The molecule has 0 rings (SSSR count). The molecule has 0 aliphatic rings. The maximum Gasteiger partial charge on any atom is 0.0558 e. The first kappa shape index (κ1) is 13.9. The number of hydrogen-bond donors (Lipinski definition) is 1. The summed E-state index contributed by atoms with van der Waals surface area (Å²) in [5.74, 6) is 0. The molecule has 1 N–H and O–H groups in total. The van der Waals surface area contributed by atoms with Crippen molar-refractivity contribution in [2.75, 3.05) is 13.7 Å². The zero-order valence-corrected chi connectivity index (χ0v) is 10.3. The SMILES string of the molecule is CCCCC(CC(C)OC)NCCC. The number of hydrogen-bond acceptors (Lipinski definition) is 2. The van der Waals surface area contributed by atoms with Crippen molar-refractivity contribution < 1.29 is 4.74 Å². The van der Waals surface area contributed by atoms with Crippen LogP contribution in [-0.2, 0) is 4.74 Å². The molecule has 0 amide bonds. The molecule has 0 fully saturated rings. The molecule has 2 atom stereocenters. The monoisotopic (exact) mass is 201 g/mol. The highest BCUT2D eigenvalue weighted by Crippen LogP contribution is 2.08. The lowest BCUT2D eigenvalue weighted by molar-refractivity contribution is 0.0990. The van der Waals surface area contributed by atoms with Gasteiger partial charge in [-0.2, -0.15) is 0 Å². The van der Waals surface area contributed by atoms with Crippen LogP contribution >= 0.6 is 0 Å². The molecular weight excluding hydrogens is 174 g/mol. The van der Waals surface area contributed by atoms with Crippen molar-refractivity contribution in [1.82, 2.24) is 5.32 Å². The maximum atomic E-state index is 5.30. The second-order valence-electron chi connectivity index (χ2n) is 4.08. The molecule has 2 unspecified atom stereocenters. The van der Waals surface area contributed by atoms with E-state index in [9.17, 15) is 0 Å². The van der Waals surface area contributed by atoms with Gasteiger partial charge in [-0.3, -0.25) is 0 Å². The Morgan fingerprint density at radius 1 is 1.21 bits per heavy atom. The third-order valence-corrected chi connectivity index (χ3v) is 2.61. The van der Waals surface area contributed by atoms with Crippen LogP contribution in [0.2, 0.25) is 0 Å². The average molecular weight is 201 g/mol. The predicted octanol–water partition coefficient (Wildman–Crippen LogP) is 2.97. The average Bonchev–Trinajstić information content (AvgIpc) is 2.21. The van der Waals surface area contributed by atoms with Gasteiger partial charge in [-0.05, 0) is 32.7 Å². The summed E-state index contributed by atoms with van der Waals surface area (Å²) in [4.78, 5) is 0. The van der Waals surface area contributed by atoms with Gasteiger partial charge in [0.05, 0.1) is 6.10 Å². The van der Waals surface area contributed by atoms with Gasteiger partial charge in [-0.25, -0.2) is 0 Å². The molecule has 0 heterocycles. The number of nitrogens with one attached hydrogen (secondary N) is 1. The van der Waals surface area contributed by atoms with Gasteiger partial charge in [0.2, 0.25) is 0 Å². The molecule has 0 aromatic carbocycles. The topological polar surface area (TPSA) is 21.3 Å². The summed E-state index contributed by atoms with van der Waals surface area (Å²) in [7, 11) is 1.79. The van der Waals surface area contributed by atoms with Crippen LogP contribution in [0, 0.1) is 0 Å². The summed E-state index contributed by atoms with van der Waals surface area (Å²) in [6.07, 6.45) is 6.61. The predicted molar refractivity (Wildman–Crippen MR) is 62.7 cm³/mol. The van der Waals surface area contributed by atoms with E-state index in [-0.39, 0.29) is 0 Å². The normalized spacial score (nSPS) is 15.4. The van der Waals surface area contributed by atoms with Crippen LogP contribution in [0.1, 0.15) is 52.9 Å². The van der Waals surface area contributed by atoms with Crippen LogP contribution in [0.5, 0.6) is 0 Å². The standard InChI is InChI=1S/C12H27NO/c1-5-7-8-12(13-9-6-2)10-11(3)14-4/h11-13H,5-10H2,1-4H3. The van der Waals surface area contributed by atoms with E-state index in [1.807, 2.05) is 0 Å². The number of unbranched alkanes of at least 4 members (excludes halogenated alkanes) is 1. The Hall–Kier alpha value is -0.0800. The summed E-state index contributed by atoms with van der Waals surface area (Å²) in [5, 5.41) is 3.59. The summed E-state index contributed by atoms with van der Waals surface area (Å²) in [5.41, 5.74) is 0. The highest BCUT2D eigenvalue weighted by atomic mass is 16.5. The van der Waals surface area contributed by atoms with Crippen LogP contribution in [0.3, 0.4) is 0 Å². The minimum Gasteiger partial charge on any atom is -0.382 e. The second kappa shape index (κ2) is 9.47. The van der Waals surface area contributed by atoms with Crippen molar-refractivity contribution >= 4 is 0 Å². The molecule has 0 bridgehead atoms. The van der Waals surface area contributed by atoms with Crippen molar-refractivity contribution in [1.29, 1.82) is 0 Å². The first-order valence-electron chi connectivity index (χ1n) is 6.00. The fourth-order valence-electron chi connectivity index (χ4n) is 1.60. The first-order chi connectivity index (χ1) is 6.74. The van der Waals surface area contributed by atoms with Crippen molar-refractivity contribution in [3.05, 3.63) is 0 Å². The lowest BCUT2D eigenvalue weighted by Crippen LogP contribution is -2.33. The van der Waals surface area contributed by atoms with Crippen molar-refractivity contribution in [2.24, 2.45) is 0 Å². The van der Waals surface area contributed by atoms with E-state index in [0.29, 0.717) is 12.1 Å². The van der Waals surface area contributed by atoms with Gasteiger partial charge < -0.3 is 10.1 Å². The van der Waals surface area contributed by atoms with Crippen LogP contribution in [0.15, 0.2) is 0 Å². The fraction of sp³-hybridized carbons (Fsp3) is 1.00. The van der Waals surface area contributed by atoms with Crippen molar-refractivity contribution in [3.8, 4) is 0 Å².